The molecule has 2 aromatic carbocycles. The highest BCUT2D eigenvalue weighted by Crippen LogP contribution is 2.49. The summed E-state index contributed by atoms with van der Waals surface area (Å²) in [6, 6.07) is 8.52. The first-order chi connectivity index (χ1) is 17.4. The van der Waals surface area contributed by atoms with E-state index < -0.39 is 35.2 Å². The van der Waals surface area contributed by atoms with Gasteiger partial charge in [-0.2, -0.15) is 0 Å². The molecule has 5 unspecified atom stereocenters. The second-order valence-corrected chi connectivity index (χ2v) is 11.7. The minimum Gasteiger partial charge on any atom is -0.394 e. The zero-order valence-corrected chi connectivity index (χ0v) is 22.9. The molecule has 1 heterocycles. The molecule has 3 rings (SSSR count). The Kier molecular flexibility index (Phi) is 10.3. The molecule has 1 aliphatic heterocycles. The maximum Gasteiger partial charge on any atom is 0.145 e. The molecule has 5 atom stereocenters. The monoisotopic (exact) mass is 559 g/mol. The van der Waals surface area contributed by atoms with Crippen LogP contribution in [0.1, 0.15) is 50.7 Å². The maximum absolute atomic E-state index is 15.5. The number of halogens is 4. The van der Waals surface area contributed by atoms with Gasteiger partial charge in [-0.15, -0.1) is 0 Å². The van der Waals surface area contributed by atoms with Crippen molar-refractivity contribution in [1.29, 1.82) is 0 Å². The van der Waals surface area contributed by atoms with Gasteiger partial charge in [0.2, 0.25) is 0 Å². The topological polar surface area (TPSA) is 99.8 Å². The number of aliphatic hydroxyl groups is 2. The SMILES string of the molecule is CC(C)(C)CC1NC(COCNCCC(O)CO)C(c2cccc(Cl)c2F)C1(N)c1ccc(Cl)c(F)c1. The first-order valence-corrected chi connectivity index (χ1v) is 13.2. The summed E-state index contributed by atoms with van der Waals surface area (Å²) in [5.41, 5.74) is 6.70. The van der Waals surface area contributed by atoms with Crippen molar-refractivity contribution in [1.82, 2.24) is 10.6 Å². The summed E-state index contributed by atoms with van der Waals surface area (Å²) in [6.07, 6.45) is 0.203. The molecule has 37 heavy (non-hydrogen) atoms. The number of nitrogens with one attached hydrogen (secondary N) is 2. The van der Waals surface area contributed by atoms with Gasteiger partial charge in [-0.1, -0.05) is 62.2 Å². The lowest BCUT2D eigenvalue weighted by Gasteiger charge is -2.40. The number of ether oxygens (including phenoxy) is 1. The molecule has 2 aromatic rings. The van der Waals surface area contributed by atoms with E-state index in [0.29, 0.717) is 30.5 Å². The number of hydrogen-bond acceptors (Lipinski definition) is 6. The zero-order chi connectivity index (χ0) is 27.4. The molecular formula is C27H37Cl2F2N3O3. The summed E-state index contributed by atoms with van der Waals surface area (Å²) in [5.74, 6) is -1.81. The van der Waals surface area contributed by atoms with Crippen LogP contribution in [-0.2, 0) is 10.3 Å². The molecule has 1 aliphatic rings. The van der Waals surface area contributed by atoms with Gasteiger partial charge in [0.25, 0.3) is 0 Å². The van der Waals surface area contributed by atoms with Crippen molar-refractivity contribution >= 4 is 23.2 Å². The molecule has 0 amide bonds. The molecule has 10 heteroatoms. The number of hydrogen-bond donors (Lipinski definition) is 5. The third-order valence-electron chi connectivity index (χ3n) is 6.83. The first kappa shape index (κ1) is 30.2. The predicted octanol–water partition coefficient (Wildman–Crippen LogP) is 4.29. The minimum absolute atomic E-state index is 0.0200. The molecule has 6 nitrogen and oxygen atoms in total. The summed E-state index contributed by atoms with van der Waals surface area (Å²) in [5, 5.41) is 25.0. The number of aliphatic hydroxyl groups excluding tert-OH is 2. The fourth-order valence-electron chi connectivity index (χ4n) is 5.10. The number of benzene rings is 2. The van der Waals surface area contributed by atoms with Crippen LogP contribution >= 0.6 is 23.2 Å². The molecule has 0 aliphatic carbocycles. The molecule has 0 aromatic heterocycles. The summed E-state index contributed by atoms with van der Waals surface area (Å²) in [4.78, 5) is 0. The second-order valence-electron chi connectivity index (χ2n) is 10.9. The van der Waals surface area contributed by atoms with Crippen molar-refractivity contribution in [3.63, 3.8) is 0 Å². The number of rotatable bonds is 11. The third-order valence-corrected chi connectivity index (χ3v) is 7.43. The molecule has 6 N–H and O–H groups in total. The molecule has 1 fully saturated rings. The lowest BCUT2D eigenvalue weighted by molar-refractivity contribution is 0.0735. The van der Waals surface area contributed by atoms with E-state index in [1.54, 1.807) is 18.2 Å². The van der Waals surface area contributed by atoms with Crippen LogP contribution in [0.4, 0.5) is 8.78 Å². The van der Waals surface area contributed by atoms with E-state index in [4.69, 9.17) is 38.8 Å². The van der Waals surface area contributed by atoms with E-state index in [2.05, 4.69) is 31.4 Å². The fourth-order valence-corrected chi connectivity index (χ4v) is 5.40. The molecule has 0 saturated carbocycles. The van der Waals surface area contributed by atoms with Crippen molar-refractivity contribution in [3.8, 4) is 0 Å². The van der Waals surface area contributed by atoms with Crippen LogP contribution in [0, 0.1) is 17.0 Å². The van der Waals surface area contributed by atoms with Gasteiger partial charge in [0.1, 0.15) is 11.6 Å². The van der Waals surface area contributed by atoms with Crippen molar-refractivity contribution in [3.05, 3.63) is 69.2 Å². The Morgan fingerprint density at radius 3 is 2.57 bits per heavy atom. The predicted molar refractivity (Wildman–Crippen MR) is 143 cm³/mol. The molecule has 206 valence electrons. The lowest BCUT2D eigenvalue weighted by atomic mass is 9.68. The van der Waals surface area contributed by atoms with E-state index in [-0.39, 0.29) is 41.4 Å². The van der Waals surface area contributed by atoms with Crippen LogP contribution in [0.25, 0.3) is 0 Å². The third kappa shape index (κ3) is 7.19. The van der Waals surface area contributed by atoms with E-state index in [1.165, 1.54) is 18.2 Å². The van der Waals surface area contributed by atoms with Gasteiger partial charge in [-0.05, 0) is 54.1 Å². The molecular weight excluding hydrogens is 523 g/mol. The zero-order valence-electron chi connectivity index (χ0n) is 21.4. The van der Waals surface area contributed by atoms with Crippen molar-refractivity contribution in [2.45, 2.75) is 63.3 Å². The smallest absolute Gasteiger partial charge is 0.145 e. The van der Waals surface area contributed by atoms with Crippen LogP contribution in [0.3, 0.4) is 0 Å². The largest absolute Gasteiger partial charge is 0.394 e. The van der Waals surface area contributed by atoms with E-state index in [1.807, 2.05) is 0 Å². The van der Waals surface area contributed by atoms with E-state index >= 15 is 4.39 Å². The Morgan fingerprint density at radius 1 is 1.19 bits per heavy atom. The van der Waals surface area contributed by atoms with Gasteiger partial charge < -0.3 is 26.0 Å². The summed E-state index contributed by atoms with van der Waals surface area (Å²) in [7, 11) is 0. The van der Waals surface area contributed by atoms with Crippen LogP contribution in [0.15, 0.2) is 36.4 Å². The van der Waals surface area contributed by atoms with E-state index in [9.17, 15) is 9.50 Å². The average molecular weight is 561 g/mol. The average Bonchev–Trinajstić information content (AvgIpc) is 3.10. The quantitative estimate of drug-likeness (QED) is 0.208. The highest BCUT2D eigenvalue weighted by molar-refractivity contribution is 6.31. The van der Waals surface area contributed by atoms with Gasteiger partial charge >= 0.3 is 0 Å². The maximum atomic E-state index is 15.5. The first-order valence-electron chi connectivity index (χ1n) is 12.4. The minimum atomic E-state index is -1.21. The van der Waals surface area contributed by atoms with Crippen molar-refractivity contribution < 1.29 is 23.7 Å². The summed E-state index contributed by atoms with van der Waals surface area (Å²) < 4.78 is 36.0. The lowest BCUT2D eigenvalue weighted by Crippen LogP contribution is -2.52. The number of nitrogens with two attached hydrogens (primary N) is 1. The van der Waals surface area contributed by atoms with Gasteiger partial charge in [-0.3, -0.25) is 5.32 Å². The standard InChI is InChI=1S/C27H37Cl2F2N3O3/c1-26(2,3)12-23-27(32,16-7-8-19(28)21(30)11-16)24(18-5-4-6-20(29)25(18)31)22(34-23)14-37-15-33-10-9-17(36)13-35/h4-8,11,17,22-24,33-36H,9-10,12-15,32H2,1-3H3. The van der Waals surface area contributed by atoms with Crippen LogP contribution < -0.4 is 16.4 Å². The van der Waals surface area contributed by atoms with Crippen molar-refractivity contribution in [2.24, 2.45) is 11.1 Å². The van der Waals surface area contributed by atoms with Gasteiger partial charge in [-0.25, -0.2) is 8.78 Å². The Hall–Kier alpha value is -1.36. The Balaban J connectivity index is 1.98. The molecule has 0 spiro atoms. The van der Waals surface area contributed by atoms with Gasteiger partial charge in [0.15, 0.2) is 0 Å². The van der Waals surface area contributed by atoms with E-state index in [0.717, 1.165) is 0 Å². The van der Waals surface area contributed by atoms with Crippen LogP contribution in [-0.4, -0.2) is 54.9 Å². The Bertz CT molecular complexity index is 1060. The second kappa shape index (κ2) is 12.7. The fraction of sp³-hybridized carbons (Fsp3) is 0.556. The molecule has 1 saturated heterocycles. The normalized spacial score (nSPS) is 25.0. The summed E-state index contributed by atoms with van der Waals surface area (Å²) >= 11 is 12.2. The Morgan fingerprint density at radius 2 is 1.92 bits per heavy atom. The van der Waals surface area contributed by atoms with Crippen LogP contribution in [0.2, 0.25) is 10.0 Å². The molecule has 0 bridgehead atoms. The highest BCUT2D eigenvalue weighted by Gasteiger charge is 2.55. The highest BCUT2D eigenvalue weighted by atomic mass is 35.5. The Labute approximate surface area is 227 Å². The van der Waals surface area contributed by atoms with Crippen LogP contribution in [0.5, 0.6) is 0 Å². The van der Waals surface area contributed by atoms with Gasteiger partial charge in [0.05, 0.1) is 41.6 Å². The summed E-state index contributed by atoms with van der Waals surface area (Å²) in [6.45, 7) is 6.76. The van der Waals surface area contributed by atoms with Gasteiger partial charge in [0, 0.05) is 18.0 Å². The van der Waals surface area contributed by atoms with Crippen molar-refractivity contribution in [2.75, 3.05) is 26.5 Å². The molecule has 0 radical (unpaired) electrons.